The van der Waals surface area contributed by atoms with Gasteiger partial charge in [0.15, 0.2) is 0 Å². The van der Waals surface area contributed by atoms with Gasteiger partial charge in [0.2, 0.25) is 5.13 Å². The summed E-state index contributed by atoms with van der Waals surface area (Å²) in [6.07, 6.45) is 3.94. The molecule has 0 amide bonds. The predicted octanol–water partition coefficient (Wildman–Crippen LogP) is 4.98. The van der Waals surface area contributed by atoms with Crippen LogP contribution < -0.4 is 4.74 Å². The summed E-state index contributed by atoms with van der Waals surface area (Å²) in [7, 11) is 1.71. The highest BCUT2D eigenvalue weighted by atomic mass is 32.1. The molecule has 4 rings (SSSR count). The van der Waals surface area contributed by atoms with Crippen LogP contribution in [0, 0.1) is 6.92 Å². The fourth-order valence-corrected chi connectivity index (χ4v) is 3.86. The van der Waals surface area contributed by atoms with Crippen molar-refractivity contribution >= 4 is 22.7 Å². The molecule has 0 saturated heterocycles. The molecule has 4 heteroatoms. The van der Waals surface area contributed by atoms with Gasteiger partial charge in [-0.2, -0.15) is 0 Å². The van der Waals surface area contributed by atoms with Gasteiger partial charge in [-0.3, -0.25) is 0 Å². The van der Waals surface area contributed by atoms with E-state index in [2.05, 4.69) is 48.3 Å². The molecule has 1 aliphatic carbocycles. The zero-order chi connectivity index (χ0) is 16.5. The van der Waals surface area contributed by atoms with Crippen LogP contribution in [0.15, 0.2) is 47.5 Å². The third-order valence-corrected chi connectivity index (χ3v) is 5.30. The summed E-state index contributed by atoms with van der Waals surface area (Å²) in [6.45, 7) is 2.09. The van der Waals surface area contributed by atoms with Crippen LogP contribution in [0.4, 0.5) is 5.13 Å². The lowest BCUT2D eigenvalue weighted by Gasteiger charge is -2.15. The number of aliphatic imine (C=N–C) groups is 1. The molecule has 0 aliphatic heterocycles. The maximum atomic E-state index is 5.33. The van der Waals surface area contributed by atoms with Gasteiger partial charge in [-0.25, -0.2) is 9.98 Å². The van der Waals surface area contributed by atoms with E-state index in [0.29, 0.717) is 0 Å². The van der Waals surface area contributed by atoms with Crippen LogP contribution in [0.3, 0.4) is 0 Å². The molecule has 3 aromatic rings. The van der Waals surface area contributed by atoms with E-state index in [-0.39, 0.29) is 0 Å². The SMILES string of the molecule is COc1ccc2c(c1)CCc1sc(/N=C\c3ccc(C)cc3)nc1-2. The number of hydrogen-bond donors (Lipinski definition) is 0. The van der Waals surface area contributed by atoms with E-state index in [1.807, 2.05) is 12.3 Å². The van der Waals surface area contributed by atoms with Crippen LogP contribution in [0.2, 0.25) is 0 Å². The Morgan fingerprint density at radius 2 is 1.96 bits per heavy atom. The van der Waals surface area contributed by atoms with Crippen LogP contribution in [0.1, 0.15) is 21.6 Å². The Balaban J connectivity index is 1.65. The van der Waals surface area contributed by atoms with Crippen molar-refractivity contribution in [1.29, 1.82) is 0 Å². The molecular formula is C20H18N2OS. The molecule has 0 saturated carbocycles. The van der Waals surface area contributed by atoms with Crippen molar-refractivity contribution in [2.24, 2.45) is 4.99 Å². The normalized spacial score (nSPS) is 12.9. The highest BCUT2D eigenvalue weighted by Crippen LogP contribution is 2.40. The minimum atomic E-state index is 0.823. The quantitative estimate of drug-likeness (QED) is 0.633. The molecule has 120 valence electrons. The lowest BCUT2D eigenvalue weighted by atomic mass is 9.93. The average molecular weight is 334 g/mol. The second kappa shape index (κ2) is 6.21. The van der Waals surface area contributed by atoms with E-state index in [9.17, 15) is 0 Å². The first-order valence-corrected chi connectivity index (χ1v) is 8.82. The molecule has 24 heavy (non-hydrogen) atoms. The van der Waals surface area contributed by atoms with E-state index in [1.54, 1.807) is 18.4 Å². The molecule has 1 aromatic heterocycles. The standard InChI is InChI=1S/C20H18N2OS/c1-13-3-5-14(6-4-13)12-21-20-22-19-17-9-8-16(23-2)11-15(17)7-10-18(19)24-20/h3-6,8-9,11-12H,7,10H2,1-2H3/b21-12-. The average Bonchev–Trinajstić information content (AvgIpc) is 3.04. The molecule has 2 aromatic carbocycles. The lowest BCUT2D eigenvalue weighted by molar-refractivity contribution is 0.414. The molecular weight excluding hydrogens is 316 g/mol. The van der Waals surface area contributed by atoms with Crippen molar-refractivity contribution < 1.29 is 4.74 Å². The van der Waals surface area contributed by atoms with Gasteiger partial charge in [0, 0.05) is 16.7 Å². The summed E-state index contributed by atoms with van der Waals surface area (Å²) < 4.78 is 5.33. The van der Waals surface area contributed by atoms with Gasteiger partial charge >= 0.3 is 0 Å². The molecule has 0 spiro atoms. The predicted molar refractivity (Wildman–Crippen MR) is 99.9 cm³/mol. The number of rotatable bonds is 3. The van der Waals surface area contributed by atoms with Crippen LogP contribution in [0.5, 0.6) is 5.75 Å². The summed E-state index contributed by atoms with van der Waals surface area (Å²) in [5.74, 6) is 0.907. The number of methoxy groups -OCH3 is 1. The largest absolute Gasteiger partial charge is 0.497 e. The lowest BCUT2D eigenvalue weighted by Crippen LogP contribution is -2.02. The number of aromatic nitrogens is 1. The fourth-order valence-electron chi connectivity index (χ4n) is 2.94. The monoisotopic (exact) mass is 334 g/mol. The fraction of sp³-hybridized carbons (Fsp3) is 0.200. The van der Waals surface area contributed by atoms with Gasteiger partial charge < -0.3 is 4.74 Å². The van der Waals surface area contributed by atoms with Crippen LogP contribution >= 0.6 is 11.3 Å². The molecule has 0 fully saturated rings. The van der Waals surface area contributed by atoms with Crippen molar-refractivity contribution in [2.75, 3.05) is 7.11 Å². The van der Waals surface area contributed by atoms with E-state index < -0.39 is 0 Å². The second-order valence-corrected chi connectivity index (χ2v) is 7.02. The van der Waals surface area contributed by atoms with Crippen LogP contribution in [-0.4, -0.2) is 18.3 Å². The molecule has 1 heterocycles. The van der Waals surface area contributed by atoms with Gasteiger partial charge in [-0.05, 0) is 49.1 Å². The van der Waals surface area contributed by atoms with Gasteiger partial charge in [0.05, 0.1) is 12.8 Å². The minimum absolute atomic E-state index is 0.823. The first-order valence-electron chi connectivity index (χ1n) is 8.00. The summed E-state index contributed by atoms with van der Waals surface area (Å²) in [6, 6.07) is 14.6. The number of aryl methyl sites for hydroxylation is 3. The van der Waals surface area contributed by atoms with Gasteiger partial charge in [-0.15, -0.1) is 0 Å². The number of hydrogen-bond acceptors (Lipinski definition) is 4. The molecule has 0 radical (unpaired) electrons. The molecule has 1 aliphatic rings. The second-order valence-electron chi connectivity index (χ2n) is 5.96. The molecule has 3 nitrogen and oxygen atoms in total. The number of thiazole rings is 1. The van der Waals surface area contributed by atoms with Gasteiger partial charge in [0.1, 0.15) is 5.75 Å². The number of fused-ring (bicyclic) bond motifs is 3. The Bertz CT molecular complexity index is 910. The Kier molecular flexibility index (Phi) is 3.90. The summed E-state index contributed by atoms with van der Waals surface area (Å²) in [5.41, 5.74) is 5.95. The van der Waals surface area contributed by atoms with E-state index in [1.165, 1.54) is 21.6 Å². The minimum Gasteiger partial charge on any atom is -0.497 e. The molecule has 0 atom stereocenters. The van der Waals surface area contributed by atoms with Crippen molar-refractivity contribution in [3.05, 3.63) is 64.0 Å². The zero-order valence-electron chi connectivity index (χ0n) is 13.7. The molecule has 0 N–H and O–H groups in total. The highest BCUT2D eigenvalue weighted by molar-refractivity contribution is 7.15. The van der Waals surface area contributed by atoms with E-state index in [0.717, 1.165) is 35.0 Å². The Hall–Kier alpha value is -2.46. The molecule has 0 bridgehead atoms. The van der Waals surface area contributed by atoms with Crippen molar-refractivity contribution in [2.45, 2.75) is 19.8 Å². The highest BCUT2D eigenvalue weighted by Gasteiger charge is 2.21. The van der Waals surface area contributed by atoms with Crippen LogP contribution in [0.25, 0.3) is 11.3 Å². The maximum absolute atomic E-state index is 5.33. The topological polar surface area (TPSA) is 34.5 Å². The molecule has 0 unspecified atom stereocenters. The van der Waals surface area contributed by atoms with E-state index >= 15 is 0 Å². The van der Waals surface area contributed by atoms with Gasteiger partial charge in [-0.1, -0.05) is 41.2 Å². The number of benzene rings is 2. The third-order valence-electron chi connectivity index (χ3n) is 4.28. The Morgan fingerprint density at radius 3 is 2.75 bits per heavy atom. The summed E-state index contributed by atoms with van der Waals surface area (Å²) in [4.78, 5) is 10.7. The zero-order valence-corrected chi connectivity index (χ0v) is 14.6. The summed E-state index contributed by atoms with van der Waals surface area (Å²) >= 11 is 1.69. The first-order chi connectivity index (χ1) is 11.7. The Labute approximate surface area is 145 Å². The van der Waals surface area contributed by atoms with Crippen molar-refractivity contribution in [3.63, 3.8) is 0 Å². The third kappa shape index (κ3) is 2.85. The first kappa shape index (κ1) is 15.1. The maximum Gasteiger partial charge on any atom is 0.209 e. The Morgan fingerprint density at radius 1 is 1.12 bits per heavy atom. The summed E-state index contributed by atoms with van der Waals surface area (Å²) in [5, 5.41) is 0.823. The number of ether oxygens (including phenoxy) is 1. The number of nitrogens with zero attached hydrogens (tertiary/aromatic N) is 2. The van der Waals surface area contributed by atoms with Crippen molar-refractivity contribution in [1.82, 2.24) is 4.98 Å². The van der Waals surface area contributed by atoms with Gasteiger partial charge in [0.25, 0.3) is 0 Å². The van der Waals surface area contributed by atoms with Crippen LogP contribution in [-0.2, 0) is 12.8 Å². The van der Waals surface area contributed by atoms with E-state index in [4.69, 9.17) is 9.72 Å². The van der Waals surface area contributed by atoms with Crippen molar-refractivity contribution in [3.8, 4) is 17.0 Å². The smallest absolute Gasteiger partial charge is 0.209 e.